The van der Waals surface area contributed by atoms with Crippen LogP contribution >= 0.6 is 24.0 Å². The number of nitrogens with zero attached hydrogens (tertiary/aromatic N) is 3. The first-order valence-electron chi connectivity index (χ1n) is 12.5. The zero-order chi connectivity index (χ0) is 22.2. The lowest BCUT2D eigenvalue weighted by molar-refractivity contribution is -0.120. The zero-order valence-electron chi connectivity index (χ0n) is 20.1. The molecule has 1 amide bonds. The van der Waals surface area contributed by atoms with Crippen molar-refractivity contribution in [2.45, 2.75) is 63.5 Å². The molecule has 0 atom stereocenters. The number of hydrogen-bond donors (Lipinski definition) is 3. The molecule has 184 valence electrons. The van der Waals surface area contributed by atoms with Gasteiger partial charge in [-0.2, -0.15) is 0 Å². The third-order valence-corrected chi connectivity index (χ3v) is 7.42. The number of carbonyl (C=O) groups is 1. The number of nitrogens with one attached hydrogen (secondary N) is 3. The number of piperazine rings is 1. The monoisotopic (exact) mass is 568 g/mol. The average molecular weight is 569 g/mol. The number of piperidine rings is 1. The van der Waals surface area contributed by atoms with Crippen LogP contribution in [-0.2, 0) is 11.3 Å². The van der Waals surface area contributed by atoms with Crippen LogP contribution in [0.1, 0.15) is 56.9 Å². The summed E-state index contributed by atoms with van der Waals surface area (Å²) in [6.07, 6.45) is 10.7. The molecule has 2 saturated heterocycles. The minimum absolute atomic E-state index is 0. The van der Waals surface area contributed by atoms with Crippen LogP contribution in [0.4, 0.5) is 5.69 Å². The van der Waals surface area contributed by atoms with Gasteiger partial charge in [0.2, 0.25) is 5.91 Å². The van der Waals surface area contributed by atoms with E-state index in [0.717, 1.165) is 31.3 Å². The van der Waals surface area contributed by atoms with Crippen LogP contribution in [0.15, 0.2) is 29.3 Å². The quantitative estimate of drug-likeness (QED) is 0.280. The molecule has 33 heavy (non-hydrogen) atoms. The summed E-state index contributed by atoms with van der Waals surface area (Å²) in [7, 11) is 1.86. The molecular formula is C25H41IN6O. The fourth-order valence-electron chi connectivity index (χ4n) is 5.52. The molecule has 1 aromatic rings. The fourth-order valence-corrected chi connectivity index (χ4v) is 5.52. The van der Waals surface area contributed by atoms with Crippen LogP contribution in [0.5, 0.6) is 0 Å². The van der Waals surface area contributed by atoms with Gasteiger partial charge in [0.15, 0.2) is 5.96 Å². The maximum atomic E-state index is 11.6. The zero-order valence-corrected chi connectivity index (χ0v) is 22.4. The van der Waals surface area contributed by atoms with Crippen molar-refractivity contribution in [3.05, 3.63) is 29.8 Å². The lowest BCUT2D eigenvalue weighted by Gasteiger charge is -2.48. The molecule has 8 heteroatoms. The molecule has 3 fully saturated rings. The van der Waals surface area contributed by atoms with Gasteiger partial charge in [0, 0.05) is 44.5 Å². The van der Waals surface area contributed by atoms with Crippen molar-refractivity contribution in [2.24, 2.45) is 4.99 Å². The molecular weight excluding hydrogens is 527 g/mol. The Labute approximate surface area is 216 Å². The molecule has 2 heterocycles. The minimum atomic E-state index is 0. The second kappa shape index (κ2) is 12.8. The van der Waals surface area contributed by atoms with Crippen molar-refractivity contribution in [3.63, 3.8) is 0 Å². The highest BCUT2D eigenvalue weighted by Gasteiger charge is 2.38. The lowest BCUT2D eigenvalue weighted by Crippen LogP contribution is -2.59. The van der Waals surface area contributed by atoms with E-state index in [1.165, 1.54) is 70.0 Å². The topological polar surface area (TPSA) is 72.0 Å². The van der Waals surface area contributed by atoms with Gasteiger partial charge in [-0.05, 0) is 56.5 Å². The largest absolute Gasteiger partial charge is 0.360 e. The summed E-state index contributed by atoms with van der Waals surface area (Å²) < 4.78 is 0. The molecule has 7 nitrogen and oxygen atoms in total. The first-order chi connectivity index (χ1) is 15.7. The number of guanidine groups is 1. The molecule has 1 saturated carbocycles. The number of carbonyl (C=O) groups excluding carboxylic acids is 1. The smallest absolute Gasteiger partial charge is 0.239 e. The standard InChI is InChI=1S/C25H40N6O.HI/c1-26-24(29-20-25(12-4-2-5-13-25)31-15-6-3-7-16-31)28-18-21-8-10-22(11-9-21)30-17-14-27-23(32)19-30;/h8-11H,2-7,12-20H2,1H3,(H,27,32)(H2,26,28,29);1H. The summed E-state index contributed by atoms with van der Waals surface area (Å²) >= 11 is 0. The van der Waals surface area contributed by atoms with Crippen molar-refractivity contribution in [2.75, 3.05) is 51.2 Å². The SMILES string of the molecule is CN=C(NCc1ccc(N2CCNC(=O)C2)cc1)NCC1(N2CCCCC2)CCCCC1.I. The molecule has 1 aliphatic carbocycles. The molecule has 0 bridgehead atoms. The van der Waals surface area contributed by atoms with Crippen LogP contribution in [0, 0.1) is 0 Å². The summed E-state index contributed by atoms with van der Waals surface area (Å²) in [4.78, 5) is 21.0. The van der Waals surface area contributed by atoms with Gasteiger partial charge in [-0.15, -0.1) is 24.0 Å². The fraction of sp³-hybridized carbons (Fsp3) is 0.680. The van der Waals surface area contributed by atoms with Crippen molar-refractivity contribution in [1.82, 2.24) is 20.9 Å². The van der Waals surface area contributed by atoms with Gasteiger partial charge in [-0.3, -0.25) is 14.7 Å². The van der Waals surface area contributed by atoms with Gasteiger partial charge in [-0.1, -0.05) is 37.8 Å². The molecule has 3 aliphatic rings. The third-order valence-electron chi connectivity index (χ3n) is 7.42. The number of anilines is 1. The number of rotatable bonds is 6. The second-order valence-corrected chi connectivity index (χ2v) is 9.55. The Morgan fingerprint density at radius 2 is 1.70 bits per heavy atom. The van der Waals surface area contributed by atoms with Gasteiger partial charge < -0.3 is 20.9 Å². The predicted octanol–water partition coefficient (Wildman–Crippen LogP) is 3.09. The highest BCUT2D eigenvalue weighted by Crippen LogP contribution is 2.35. The number of halogens is 1. The lowest BCUT2D eigenvalue weighted by atomic mass is 9.79. The first kappa shape index (κ1) is 26.1. The third kappa shape index (κ3) is 6.97. The Balaban J connectivity index is 0.00000306. The van der Waals surface area contributed by atoms with E-state index in [4.69, 9.17) is 0 Å². The van der Waals surface area contributed by atoms with Gasteiger partial charge >= 0.3 is 0 Å². The average Bonchev–Trinajstić information content (AvgIpc) is 2.85. The summed E-state index contributed by atoms with van der Waals surface area (Å²) in [5, 5.41) is 10.0. The number of benzene rings is 1. The van der Waals surface area contributed by atoms with Gasteiger partial charge in [-0.25, -0.2) is 0 Å². The minimum Gasteiger partial charge on any atom is -0.360 e. The molecule has 0 radical (unpaired) electrons. The van der Waals surface area contributed by atoms with Crippen LogP contribution in [0.3, 0.4) is 0 Å². The molecule has 4 rings (SSSR count). The number of hydrogen-bond acceptors (Lipinski definition) is 4. The van der Waals surface area contributed by atoms with Crippen LogP contribution in [0.2, 0.25) is 0 Å². The van der Waals surface area contributed by atoms with Crippen LogP contribution < -0.4 is 20.9 Å². The van der Waals surface area contributed by atoms with Gasteiger partial charge in [0.05, 0.1) is 6.54 Å². The Morgan fingerprint density at radius 3 is 2.36 bits per heavy atom. The normalized spacial score (nSPS) is 21.7. The van der Waals surface area contributed by atoms with E-state index in [9.17, 15) is 4.79 Å². The van der Waals surface area contributed by atoms with Crippen LogP contribution in [-0.4, -0.2) is 68.6 Å². The maximum absolute atomic E-state index is 11.6. The highest BCUT2D eigenvalue weighted by atomic mass is 127. The van der Waals surface area contributed by atoms with Crippen molar-refractivity contribution >= 4 is 41.5 Å². The van der Waals surface area contributed by atoms with E-state index in [1.54, 1.807) is 0 Å². The Morgan fingerprint density at radius 1 is 1.00 bits per heavy atom. The van der Waals surface area contributed by atoms with Gasteiger partial charge in [0.25, 0.3) is 0 Å². The summed E-state index contributed by atoms with van der Waals surface area (Å²) in [6.45, 7) is 6.21. The van der Waals surface area contributed by atoms with Gasteiger partial charge in [0.1, 0.15) is 0 Å². The Hall–Kier alpha value is -1.55. The first-order valence-corrected chi connectivity index (χ1v) is 12.5. The van der Waals surface area contributed by atoms with E-state index < -0.39 is 0 Å². The van der Waals surface area contributed by atoms with E-state index in [1.807, 2.05) is 7.05 Å². The molecule has 2 aliphatic heterocycles. The molecule has 0 unspecified atom stereocenters. The summed E-state index contributed by atoms with van der Waals surface area (Å²) in [6, 6.07) is 8.50. The molecule has 0 spiro atoms. The van der Waals surface area contributed by atoms with E-state index in [2.05, 4.69) is 55.0 Å². The number of amides is 1. The molecule has 0 aromatic heterocycles. The number of likely N-dealkylation sites (tertiary alicyclic amines) is 1. The highest BCUT2D eigenvalue weighted by molar-refractivity contribution is 14.0. The van der Waals surface area contributed by atoms with Crippen LogP contribution in [0.25, 0.3) is 0 Å². The maximum Gasteiger partial charge on any atom is 0.239 e. The molecule has 1 aromatic carbocycles. The molecule has 3 N–H and O–H groups in total. The van der Waals surface area contributed by atoms with Crippen molar-refractivity contribution < 1.29 is 4.79 Å². The Bertz CT molecular complexity index is 772. The van der Waals surface area contributed by atoms with E-state index in [0.29, 0.717) is 18.6 Å². The van der Waals surface area contributed by atoms with Crippen molar-refractivity contribution in [3.8, 4) is 0 Å². The summed E-state index contributed by atoms with van der Waals surface area (Å²) in [5.74, 6) is 0.973. The van der Waals surface area contributed by atoms with Crippen molar-refractivity contribution in [1.29, 1.82) is 0 Å². The van der Waals surface area contributed by atoms with E-state index >= 15 is 0 Å². The number of aliphatic imine (C=N–C) groups is 1. The van der Waals surface area contributed by atoms with E-state index in [-0.39, 0.29) is 29.9 Å². The summed E-state index contributed by atoms with van der Waals surface area (Å²) in [5.41, 5.74) is 2.60. The second-order valence-electron chi connectivity index (χ2n) is 9.55. The Kier molecular flexibility index (Phi) is 10.1. The predicted molar refractivity (Wildman–Crippen MR) is 147 cm³/mol.